The predicted molar refractivity (Wildman–Crippen MR) is 103 cm³/mol. The van der Waals surface area contributed by atoms with Gasteiger partial charge in [-0.25, -0.2) is 0 Å². The molecule has 1 unspecified atom stereocenters. The molecular weight excluding hydrogens is 316 g/mol. The number of carbonyl (C=O) groups excluding carboxylic acids is 1. The van der Waals surface area contributed by atoms with Gasteiger partial charge in [-0.15, -0.1) is 11.3 Å². The Morgan fingerprint density at radius 3 is 2.54 bits per heavy atom. The van der Waals surface area contributed by atoms with E-state index in [1.165, 1.54) is 31.3 Å². The Balaban J connectivity index is 1.89. The van der Waals surface area contributed by atoms with Gasteiger partial charge in [-0.2, -0.15) is 0 Å². The molecule has 1 aromatic heterocycles. The fraction of sp³-hybridized carbons (Fsp3) is 0.300. The van der Waals surface area contributed by atoms with Crippen LogP contribution in [0.5, 0.6) is 0 Å². The normalized spacial score (nSPS) is 12.5. The zero-order valence-corrected chi connectivity index (χ0v) is 15.1. The summed E-state index contributed by atoms with van der Waals surface area (Å²) < 4.78 is 2.58. The lowest BCUT2D eigenvalue weighted by Crippen LogP contribution is -2.29. The van der Waals surface area contributed by atoms with Crippen LogP contribution < -0.4 is 5.32 Å². The number of thiophene rings is 1. The predicted octanol–water partition coefficient (Wildman–Crippen LogP) is 5.36. The van der Waals surface area contributed by atoms with E-state index in [9.17, 15) is 4.79 Å². The molecule has 124 valence electrons. The van der Waals surface area contributed by atoms with Gasteiger partial charge >= 0.3 is 0 Å². The van der Waals surface area contributed by atoms with Gasteiger partial charge in [-0.3, -0.25) is 10.2 Å². The van der Waals surface area contributed by atoms with Crippen molar-refractivity contribution in [1.29, 1.82) is 5.41 Å². The minimum Gasteiger partial charge on any atom is -0.315 e. The Hall–Kier alpha value is -2.20. The highest BCUT2D eigenvalue weighted by Gasteiger charge is 2.14. The first-order chi connectivity index (χ1) is 11.5. The van der Waals surface area contributed by atoms with Gasteiger partial charge in [0.05, 0.1) is 5.84 Å². The van der Waals surface area contributed by atoms with E-state index in [1.807, 2.05) is 18.3 Å². The number of amidine groups is 1. The number of hydrogen-bond donors (Lipinski definition) is 2. The second-order valence-corrected chi connectivity index (χ2v) is 7.43. The SMILES string of the molecule is CCC(=N)NC(=O)CC(C)c1ccc2sc3ccc(C)cc3c2c1. The summed E-state index contributed by atoms with van der Waals surface area (Å²) in [7, 11) is 0. The summed E-state index contributed by atoms with van der Waals surface area (Å²) in [5.41, 5.74) is 2.43. The van der Waals surface area contributed by atoms with Gasteiger partial charge in [0.1, 0.15) is 0 Å². The van der Waals surface area contributed by atoms with E-state index in [0.29, 0.717) is 12.8 Å². The van der Waals surface area contributed by atoms with Gasteiger partial charge in [0.15, 0.2) is 0 Å². The lowest BCUT2D eigenvalue weighted by molar-refractivity contribution is -0.120. The maximum Gasteiger partial charge on any atom is 0.225 e. The van der Waals surface area contributed by atoms with Crippen LogP contribution >= 0.6 is 11.3 Å². The molecule has 3 rings (SSSR count). The maximum absolute atomic E-state index is 12.0. The summed E-state index contributed by atoms with van der Waals surface area (Å²) >= 11 is 1.81. The number of hydrogen-bond acceptors (Lipinski definition) is 3. The zero-order chi connectivity index (χ0) is 17.3. The van der Waals surface area contributed by atoms with Gasteiger partial charge in [0, 0.05) is 33.0 Å². The Kier molecular flexibility index (Phi) is 4.67. The monoisotopic (exact) mass is 338 g/mol. The summed E-state index contributed by atoms with van der Waals surface area (Å²) in [5.74, 6) is 0.321. The number of amides is 1. The standard InChI is InChI=1S/C20H22N2OS/c1-4-19(21)22-20(23)10-13(3)14-6-8-18-16(11-14)15-9-12(2)5-7-17(15)24-18/h5-9,11,13H,4,10H2,1-3H3,(H2,21,22,23). The summed E-state index contributed by atoms with van der Waals surface area (Å²) in [6.45, 7) is 6.04. The van der Waals surface area contributed by atoms with Crippen molar-refractivity contribution < 1.29 is 4.79 Å². The summed E-state index contributed by atoms with van der Waals surface area (Å²) in [5, 5.41) is 12.8. The highest BCUT2D eigenvalue weighted by Crippen LogP contribution is 2.36. The van der Waals surface area contributed by atoms with E-state index < -0.39 is 0 Å². The Bertz CT molecular complexity index is 926. The maximum atomic E-state index is 12.0. The van der Waals surface area contributed by atoms with Crippen LogP contribution in [-0.4, -0.2) is 11.7 Å². The Labute approximate surface area is 146 Å². The number of fused-ring (bicyclic) bond motifs is 3. The number of benzene rings is 2. The summed E-state index contributed by atoms with van der Waals surface area (Å²) in [6.07, 6.45) is 0.946. The second-order valence-electron chi connectivity index (χ2n) is 6.34. The molecule has 0 saturated heterocycles. The van der Waals surface area contributed by atoms with E-state index in [4.69, 9.17) is 5.41 Å². The molecule has 0 saturated carbocycles. The molecule has 1 atom stereocenters. The number of aryl methyl sites for hydroxylation is 1. The smallest absolute Gasteiger partial charge is 0.225 e. The van der Waals surface area contributed by atoms with E-state index in [2.05, 4.69) is 55.6 Å². The molecule has 0 aliphatic heterocycles. The quantitative estimate of drug-likeness (QED) is 0.488. The molecule has 4 heteroatoms. The molecule has 0 aliphatic carbocycles. The van der Waals surface area contributed by atoms with Crippen LogP contribution in [-0.2, 0) is 4.79 Å². The fourth-order valence-electron chi connectivity index (χ4n) is 2.92. The van der Waals surface area contributed by atoms with Crippen LogP contribution in [0.3, 0.4) is 0 Å². The number of nitrogens with one attached hydrogen (secondary N) is 2. The van der Waals surface area contributed by atoms with Crippen LogP contribution in [0.15, 0.2) is 36.4 Å². The van der Waals surface area contributed by atoms with Crippen molar-refractivity contribution >= 4 is 43.3 Å². The topological polar surface area (TPSA) is 53.0 Å². The minimum atomic E-state index is -0.0829. The Morgan fingerprint density at radius 1 is 1.17 bits per heavy atom. The van der Waals surface area contributed by atoms with Crippen molar-refractivity contribution in [3.05, 3.63) is 47.5 Å². The van der Waals surface area contributed by atoms with Crippen molar-refractivity contribution in [1.82, 2.24) is 5.32 Å². The first-order valence-electron chi connectivity index (χ1n) is 8.28. The van der Waals surface area contributed by atoms with Gasteiger partial charge < -0.3 is 5.32 Å². The third-order valence-electron chi connectivity index (χ3n) is 4.35. The molecule has 2 N–H and O–H groups in total. The molecule has 1 heterocycles. The molecule has 3 nitrogen and oxygen atoms in total. The van der Waals surface area contributed by atoms with Crippen molar-refractivity contribution in [2.24, 2.45) is 0 Å². The largest absolute Gasteiger partial charge is 0.315 e. The molecule has 24 heavy (non-hydrogen) atoms. The summed E-state index contributed by atoms with van der Waals surface area (Å²) in [4.78, 5) is 12.0. The highest BCUT2D eigenvalue weighted by atomic mass is 32.1. The average molecular weight is 338 g/mol. The van der Waals surface area contributed by atoms with E-state index >= 15 is 0 Å². The van der Waals surface area contributed by atoms with Gasteiger partial charge in [-0.05, 0) is 42.7 Å². The van der Waals surface area contributed by atoms with Crippen LogP contribution in [0.1, 0.15) is 43.7 Å². The molecule has 1 amide bonds. The van der Waals surface area contributed by atoms with Crippen molar-refractivity contribution in [2.75, 3.05) is 0 Å². The van der Waals surface area contributed by atoms with E-state index in [1.54, 1.807) is 0 Å². The van der Waals surface area contributed by atoms with Gasteiger partial charge in [0.25, 0.3) is 0 Å². The molecule has 2 aromatic carbocycles. The minimum absolute atomic E-state index is 0.0829. The first kappa shape index (κ1) is 16.7. The van der Waals surface area contributed by atoms with E-state index in [-0.39, 0.29) is 17.7 Å². The molecule has 0 aliphatic rings. The Morgan fingerprint density at radius 2 is 1.83 bits per heavy atom. The van der Waals surface area contributed by atoms with Crippen LogP contribution in [0.25, 0.3) is 20.2 Å². The first-order valence-corrected chi connectivity index (χ1v) is 9.09. The molecule has 3 aromatic rings. The molecule has 0 fully saturated rings. The van der Waals surface area contributed by atoms with Crippen molar-refractivity contribution in [3.8, 4) is 0 Å². The average Bonchev–Trinajstić information content (AvgIpc) is 2.91. The van der Waals surface area contributed by atoms with Crippen molar-refractivity contribution in [3.63, 3.8) is 0 Å². The lowest BCUT2D eigenvalue weighted by Gasteiger charge is -2.12. The zero-order valence-electron chi connectivity index (χ0n) is 14.3. The van der Waals surface area contributed by atoms with E-state index in [0.717, 1.165) is 0 Å². The third-order valence-corrected chi connectivity index (χ3v) is 5.51. The molecule has 0 spiro atoms. The van der Waals surface area contributed by atoms with Gasteiger partial charge in [-0.1, -0.05) is 31.5 Å². The van der Waals surface area contributed by atoms with Crippen LogP contribution in [0, 0.1) is 12.3 Å². The van der Waals surface area contributed by atoms with Crippen LogP contribution in [0.2, 0.25) is 0 Å². The number of rotatable bonds is 4. The van der Waals surface area contributed by atoms with Crippen LogP contribution in [0.4, 0.5) is 0 Å². The molecule has 0 radical (unpaired) electrons. The van der Waals surface area contributed by atoms with Gasteiger partial charge in [0.2, 0.25) is 5.91 Å². The lowest BCUT2D eigenvalue weighted by atomic mass is 9.95. The third kappa shape index (κ3) is 3.34. The fourth-order valence-corrected chi connectivity index (χ4v) is 3.99. The highest BCUT2D eigenvalue weighted by molar-refractivity contribution is 7.25. The number of carbonyl (C=O) groups is 1. The molecular formula is C20H22N2OS. The van der Waals surface area contributed by atoms with Crippen molar-refractivity contribution in [2.45, 2.75) is 39.5 Å². The molecule has 0 bridgehead atoms. The second kappa shape index (κ2) is 6.73. The summed E-state index contributed by atoms with van der Waals surface area (Å²) in [6, 6.07) is 13.1.